The summed E-state index contributed by atoms with van der Waals surface area (Å²) >= 11 is 1.63. The molecule has 0 radical (unpaired) electrons. The van der Waals surface area contributed by atoms with Gasteiger partial charge in [0.2, 0.25) is 0 Å². The van der Waals surface area contributed by atoms with E-state index in [1.165, 1.54) is 0 Å². The van der Waals surface area contributed by atoms with Crippen molar-refractivity contribution in [1.29, 1.82) is 0 Å². The fraction of sp³-hybridized carbons (Fsp3) is 0.583. The normalized spacial score (nSPS) is 22.6. The highest BCUT2D eigenvalue weighted by molar-refractivity contribution is 8.02. The zero-order valence-corrected chi connectivity index (χ0v) is 11.2. The lowest BCUT2D eigenvalue weighted by Gasteiger charge is -2.32. The largest absolute Gasteiger partial charge is 0.359 e. The van der Waals surface area contributed by atoms with Crippen LogP contribution in [0.1, 0.15) is 40.5 Å². The maximum Gasteiger partial charge on any atom is 0.257 e. The number of hydrogen-bond donors (Lipinski definition) is 1. The Kier molecular flexibility index (Phi) is 4.93. The Labute approximate surface area is 102 Å². The zero-order valence-electron chi connectivity index (χ0n) is 10.4. The summed E-state index contributed by atoms with van der Waals surface area (Å²) < 4.78 is 0. The fourth-order valence-corrected chi connectivity index (χ4v) is 2.62. The van der Waals surface area contributed by atoms with Gasteiger partial charge in [-0.1, -0.05) is 39.0 Å². The molecule has 0 bridgehead atoms. The Hall–Kier alpha value is -0.900. The first-order chi connectivity index (χ1) is 7.74. The number of rotatable bonds is 2. The number of hydrogen-bond acceptors (Lipinski definition) is 3. The predicted octanol–water partition coefficient (Wildman–Crippen LogP) is 3.02. The number of nitrogens with one attached hydrogen (secondary N) is 1. The quantitative estimate of drug-likeness (QED) is 0.805. The second-order valence-electron chi connectivity index (χ2n) is 3.48. The minimum absolute atomic E-state index is 0.0862. The third-order valence-electron chi connectivity index (χ3n) is 2.47. The van der Waals surface area contributed by atoms with Crippen molar-refractivity contribution >= 4 is 17.7 Å². The molecule has 2 rings (SSSR count). The third kappa shape index (κ3) is 2.43. The maximum atomic E-state index is 12.0. The molecule has 0 aromatic heterocycles. The van der Waals surface area contributed by atoms with Crippen molar-refractivity contribution in [2.45, 2.75) is 46.0 Å². The van der Waals surface area contributed by atoms with Crippen LogP contribution in [0.2, 0.25) is 0 Å². The monoisotopic (exact) mass is 240 g/mol. The van der Waals surface area contributed by atoms with E-state index in [1.54, 1.807) is 16.7 Å². The number of thioether (sulfide) groups is 1. The minimum Gasteiger partial charge on any atom is -0.359 e. The van der Waals surface area contributed by atoms with E-state index in [0.29, 0.717) is 0 Å². The topological polar surface area (TPSA) is 32.3 Å². The van der Waals surface area contributed by atoms with Crippen molar-refractivity contribution < 1.29 is 4.79 Å². The van der Waals surface area contributed by atoms with Crippen molar-refractivity contribution in [3.8, 4) is 0 Å². The molecule has 2 aliphatic heterocycles. The summed E-state index contributed by atoms with van der Waals surface area (Å²) in [6, 6.07) is 0. The van der Waals surface area contributed by atoms with Crippen molar-refractivity contribution in [2.75, 3.05) is 0 Å². The van der Waals surface area contributed by atoms with Crippen molar-refractivity contribution in [1.82, 2.24) is 10.2 Å². The molecule has 0 aliphatic carbocycles. The van der Waals surface area contributed by atoms with Crippen LogP contribution in [-0.2, 0) is 4.79 Å². The smallest absolute Gasteiger partial charge is 0.257 e. The summed E-state index contributed by atoms with van der Waals surface area (Å²) in [6.07, 6.45) is 3.72. The molecule has 0 saturated heterocycles. The summed E-state index contributed by atoms with van der Waals surface area (Å²) in [5.74, 6) is 0.161. The molecule has 16 heavy (non-hydrogen) atoms. The summed E-state index contributed by atoms with van der Waals surface area (Å²) in [5.41, 5.74) is 2.05. The molecule has 4 heteroatoms. The molecule has 3 nitrogen and oxygen atoms in total. The molecule has 1 amide bonds. The number of carbonyl (C=O) groups is 1. The Balaban J connectivity index is 0.000000606. The Bertz CT molecular complexity index is 323. The summed E-state index contributed by atoms with van der Waals surface area (Å²) in [7, 11) is 0. The first-order valence-electron chi connectivity index (χ1n) is 5.85. The number of carbonyl (C=O) groups excluding carboxylic acids is 1. The highest BCUT2D eigenvalue weighted by atomic mass is 32.2. The van der Waals surface area contributed by atoms with Gasteiger partial charge < -0.3 is 5.32 Å². The van der Waals surface area contributed by atoms with Gasteiger partial charge in [0.05, 0.1) is 0 Å². The van der Waals surface area contributed by atoms with Crippen LogP contribution >= 0.6 is 11.8 Å². The zero-order chi connectivity index (χ0) is 12.1. The molecule has 0 aromatic rings. The van der Waals surface area contributed by atoms with Crippen molar-refractivity contribution in [3.63, 3.8) is 0 Å². The van der Waals surface area contributed by atoms with Gasteiger partial charge in [0.15, 0.2) is 5.50 Å². The molecule has 0 spiro atoms. The van der Waals surface area contributed by atoms with E-state index in [0.717, 1.165) is 24.1 Å². The SMILES string of the molecule is CC.CCCC1=C(C)NC2SC=CN2C1=O. The third-order valence-corrected chi connectivity index (χ3v) is 3.35. The first-order valence-corrected chi connectivity index (χ1v) is 6.79. The summed E-state index contributed by atoms with van der Waals surface area (Å²) in [6.45, 7) is 8.08. The van der Waals surface area contributed by atoms with Crippen LogP contribution < -0.4 is 5.32 Å². The maximum absolute atomic E-state index is 12.0. The summed E-state index contributed by atoms with van der Waals surface area (Å²) in [4.78, 5) is 13.7. The van der Waals surface area contributed by atoms with Gasteiger partial charge in [-0.25, -0.2) is 0 Å². The average molecular weight is 240 g/mol. The average Bonchev–Trinajstić information content (AvgIpc) is 2.75. The first kappa shape index (κ1) is 13.2. The van der Waals surface area contributed by atoms with E-state index in [9.17, 15) is 4.79 Å². The van der Waals surface area contributed by atoms with Crippen LogP contribution in [0.3, 0.4) is 0 Å². The van der Waals surface area contributed by atoms with Crippen LogP contribution in [0, 0.1) is 0 Å². The molecule has 2 heterocycles. The van der Waals surface area contributed by atoms with E-state index in [2.05, 4.69) is 12.2 Å². The summed E-state index contributed by atoms with van der Waals surface area (Å²) in [5, 5.41) is 5.28. The molecule has 0 saturated carbocycles. The molecule has 0 aromatic carbocycles. The Morgan fingerprint density at radius 2 is 2.19 bits per heavy atom. The van der Waals surface area contributed by atoms with E-state index >= 15 is 0 Å². The van der Waals surface area contributed by atoms with Crippen LogP contribution in [0.25, 0.3) is 0 Å². The molecule has 0 fully saturated rings. The van der Waals surface area contributed by atoms with E-state index in [1.807, 2.05) is 32.4 Å². The van der Waals surface area contributed by atoms with E-state index < -0.39 is 0 Å². The Morgan fingerprint density at radius 1 is 1.50 bits per heavy atom. The van der Waals surface area contributed by atoms with Gasteiger partial charge in [-0.2, -0.15) is 0 Å². The van der Waals surface area contributed by atoms with Gasteiger partial charge in [0.1, 0.15) is 0 Å². The number of nitrogens with zero attached hydrogens (tertiary/aromatic N) is 1. The van der Waals surface area contributed by atoms with Crippen molar-refractivity contribution in [3.05, 3.63) is 22.9 Å². The molecule has 1 unspecified atom stereocenters. The molecule has 2 aliphatic rings. The fourth-order valence-electron chi connectivity index (χ4n) is 1.73. The minimum atomic E-state index is 0.0862. The lowest BCUT2D eigenvalue weighted by Crippen LogP contribution is -2.46. The van der Waals surface area contributed by atoms with E-state index in [-0.39, 0.29) is 11.4 Å². The highest BCUT2D eigenvalue weighted by Gasteiger charge is 2.32. The van der Waals surface area contributed by atoms with Gasteiger partial charge >= 0.3 is 0 Å². The van der Waals surface area contributed by atoms with Crippen LogP contribution in [-0.4, -0.2) is 16.3 Å². The lowest BCUT2D eigenvalue weighted by molar-refractivity contribution is -0.126. The van der Waals surface area contributed by atoms with Gasteiger partial charge in [-0.05, 0) is 18.8 Å². The predicted molar refractivity (Wildman–Crippen MR) is 69.5 cm³/mol. The molecule has 90 valence electrons. The number of amides is 1. The van der Waals surface area contributed by atoms with Gasteiger partial charge in [-0.3, -0.25) is 9.69 Å². The van der Waals surface area contributed by atoms with Gasteiger partial charge in [-0.15, -0.1) is 0 Å². The van der Waals surface area contributed by atoms with Crippen LogP contribution in [0.15, 0.2) is 22.9 Å². The number of fused-ring (bicyclic) bond motifs is 1. The van der Waals surface area contributed by atoms with Gasteiger partial charge in [0, 0.05) is 17.5 Å². The van der Waals surface area contributed by atoms with Crippen molar-refractivity contribution in [2.24, 2.45) is 0 Å². The molecular formula is C12H20N2OS. The van der Waals surface area contributed by atoms with E-state index in [4.69, 9.17) is 0 Å². The number of allylic oxidation sites excluding steroid dienone is 1. The molecule has 1 atom stereocenters. The standard InChI is InChI=1S/C10H14N2OS.C2H6/c1-3-4-8-7(2)11-10-12(9(8)13)5-6-14-10;1-2/h5-6,10-11H,3-4H2,1-2H3;1-2H3. The second-order valence-corrected chi connectivity index (χ2v) is 4.47. The highest BCUT2D eigenvalue weighted by Crippen LogP contribution is 2.30. The van der Waals surface area contributed by atoms with Crippen LogP contribution in [0.5, 0.6) is 0 Å². The lowest BCUT2D eigenvalue weighted by atomic mass is 10.1. The second kappa shape index (κ2) is 5.99. The molecule has 1 N–H and O–H groups in total. The van der Waals surface area contributed by atoms with Crippen LogP contribution in [0.4, 0.5) is 0 Å². The molecular weight excluding hydrogens is 220 g/mol. The Morgan fingerprint density at radius 3 is 2.81 bits per heavy atom. The van der Waals surface area contributed by atoms with Gasteiger partial charge in [0.25, 0.3) is 5.91 Å².